The zero-order valence-electron chi connectivity index (χ0n) is 13.0. The predicted molar refractivity (Wildman–Crippen MR) is 85.6 cm³/mol. The number of hydrogen-bond acceptors (Lipinski definition) is 4. The number of hydrogen-bond donors (Lipinski definition) is 2. The highest BCUT2D eigenvalue weighted by molar-refractivity contribution is 6.08. The molecule has 0 spiro atoms. The molecule has 2 aromatic rings. The van der Waals surface area contributed by atoms with Gasteiger partial charge in [0.05, 0.1) is 25.5 Å². The van der Waals surface area contributed by atoms with E-state index in [4.69, 9.17) is 9.47 Å². The molecule has 0 unspecified atom stereocenters. The molecular weight excluding hydrogens is 298 g/mol. The summed E-state index contributed by atoms with van der Waals surface area (Å²) in [6.45, 7) is 1.78. The van der Waals surface area contributed by atoms with E-state index in [2.05, 4.69) is 5.32 Å². The number of carboxylic acid groups (broad SMARTS) is 1. The minimum atomic E-state index is -1.10. The largest absolute Gasteiger partial charge is 0.497 e. The SMILES string of the molecule is COc1cc(OC)cc(C(=O)Nc2ccc(C)cc2C(=O)O)c1. The van der Waals surface area contributed by atoms with Crippen LogP contribution in [0.4, 0.5) is 5.69 Å². The molecule has 0 heterocycles. The van der Waals surface area contributed by atoms with Crippen molar-refractivity contribution in [3.8, 4) is 11.5 Å². The van der Waals surface area contributed by atoms with E-state index in [-0.39, 0.29) is 11.3 Å². The molecule has 2 N–H and O–H groups in total. The van der Waals surface area contributed by atoms with Crippen LogP contribution in [-0.2, 0) is 0 Å². The summed E-state index contributed by atoms with van der Waals surface area (Å²) >= 11 is 0. The maximum Gasteiger partial charge on any atom is 0.337 e. The summed E-state index contributed by atoms with van der Waals surface area (Å²) in [6.07, 6.45) is 0. The number of benzene rings is 2. The summed E-state index contributed by atoms with van der Waals surface area (Å²) in [5, 5.41) is 11.9. The van der Waals surface area contributed by atoms with Crippen LogP contribution in [0.25, 0.3) is 0 Å². The molecule has 6 nitrogen and oxygen atoms in total. The molecule has 120 valence electrons. The van der Waals surface area contributed by atoms with Crippen LogP contribution in [-0.4, -0.2) is 31.2 Å². The van der Waals surface area contributed by atoms with E-state index in [1.165, 1.54) is 20.3 Å². The average Bonchev–Trinajstić information content (AvgIpc) is 2.55. The third-order valence-electron chi connectivity index (χ3n) is 3.27. The second-order valence-electron chi connectivity index (χ2n) is 4.91. The number of methoxy groups -OCH3 is 2. The van der Waals surface area contributed by atoms with Gasteiger partial charge in [0.15, 0.2) is 0 Å². The lowest BCUT2D eigenvalue weighted by Gasteiger charge is -2.11. The van der Waals surface area contributed by atoms with Crippen molar-refractivity contribution in [1.29, 1.82) is 0 Å². The molecule has 0 aliphatic carbocycles. The number of ether oxygens (including phenoxy) is 2. The molecule has 0 atom stereocenters. The van der Waals surface area contributed by atoms with Gasteiger partial charge in [-0.05, 0) is 31.2 Å². The minimum absolute atomic E-state index is 0.0354. The number of aryl methyl sites for hydroxylation is 1. The third-order valence-corrected chi connectivity index (χ3v) is 3.27. The Kier molecular flexibility index (Phi) is 4.85. The van der Waals surface area contributed by atoms with Gasteiger partial charge in [0.25, 0.3) is 5.91 Å². The number of rotatable bonds is 5. The Morgan fingerprint density at radius 1 is 1.00 bits per heavy atom. The monoisotopic (exact) mass is 315 g/mol. The van der Waals surface area contributed by atoms with Crippen molar-refractivity contribution in [3.63, 3.8) is 0 Å². The molecular formula is C17H17NO5. The zero-order chi connectivity index (χ0) is 17.0. The summed E-state index contributed by atoms with van der Waals surface area (Å²) in [6, 6.07) is 9.54. The molecule has 0 radical (unpaired) electrons. The second-order valence-corrected chi connectivity index (χ2v) is 4.91. The Morgan fingerprint density at radius 3 is 2.13 bits per heavy atom. The maximum absolute atomic E-state index is 12.4. The number of carbonyl (C=O) groups excluding carboxylic acids is 1. The van der Waals surface area contributed by atoms with Crippen LogP contribution in [0.1, 0.15) is 26.3 Å². The molecule has 0 saturated heterocycles. The number of carbonyl (C=O) groups is 2. The van der Waals surface area contributed by atoms with Crippen molar-refractivity contribution in [2.45, 2.75) is 6.92 Å². The molecule has 6 heteroatoms. The topological polar surface area (TPSA) is 84.9 Å². The molecule has 2 aromatic carbocycles. The summed E-state index contributed by atoms with van der Waals surface area (Å²) in [5.74, 6) is -0.616. The Morgan fingerprint density at radius 2 is 1.61 bits per heavy atom. The zero-order valence-corrected chi connectivity index (χ0v) is 13.0. The molecule has 23 heavy (non-hydrogen) atoms. The van der Waals surface area contributed by atoms with Crippen LogP contribution >= 0.6 is 0 Å². The number of amides is 1. The van der Waals surface area contributed by atoms with Gasteiger partial charge in [-0.1, -0.05) is 11.6 Å². The number of nitrogens with one attached hydrogen (secondary N) is 1. The summed E-state index contributed by atoms with van der Waals surface area (Å²) in [5.41, 5.74) is 1.37. The molecule has 0 bridgehead atoms. The first-order chi connectivity index (χ1) is 10.9. The fraction of sp³-hybridized carbons (Fsp3) is 0.176. The van der Waals surface area contributed by atoms with Crippen LogP contribution in [0.15, 0.2) is 36.4 Å². The highest BCUT2D eigenvalue weighted by Gasteiger charge is 2.15. The van der Waals surface area contributed by atoms with E-state index in [0.717, 1.165) is 5.56 Å². The highest BCUT2D eigenvalue weighted by Crippen LogP contribution is 2.24. The van der Waals surface area contributed by atoms with Gasteiger partial charge >= 0.3 is 5.97 Å². The number of aromatic carboxylic acids is 1. The first kappa shape index (κ1) is 16.4. The van der Waals surface area contributed by atoms with E-state index < -0.39 is 11.9 Å². The predicted octanol–water partition coefficient (Wildman–Crippen LogP) is 2.96. The number of carboxylic acids is 1. The average molecular weight is 315 g/mol. The molecule has 0 aromatic heterocycles. The van der Waals surface area contributed by atoms with E-state index in [0.29, 0.717) is 17.1 Å². The van der Waals surface area contributed by atoms with E-state index in [1.54, 1.807) is 37.3 Å². The lowest BCUT2D eigenvalue weighted by Crippen LogP contribution is -2.15. The first-order valence-electron chi connectivity index (χ1n) is 6.83. The maximum atomic E-state index is 12.4. The minimum Gasteiger partial charge on any atom is -0.497 e. The molecule has 0 fully saturated rings. The molecule has 0 aliphatic heterocycles. The standard InChI is InChI=1S/C17H17NO5/c1-10-4-5-15(14(6-10)17(20)21)18-16(19)11-7-12(22-2)9-13(8-11)23-3/h4-9H,1-3H3,(H,18,19)(H,20,21). The molecule has 2 rings (SSSR count). The van der Waals surface area contributed by atoms with Crippen molar-refractivity contribution in [1.82, 2.24) is 0 Å². The van der Waals surface area contributed by atoms with Gasteiger partial charge in [0.1, 0.15) is 11.5 Å². The van der Waals surface area contributed by atoms with Gasteiger partial charge < -0.3 is 19.9 Å². The Balaban J connectivity index is 2.34. The summed E-state index contributed by atoms with van der Waals surface area (Å²) < 4.78 is 10.2. The van der Waals surface area contributed by atoms with Gasteiger partial charge in [-0.2, -0.15) is 0 Å². The lowest BCUT2D eigenvalue weighted by molar-refractivity contribution is 0.0698. The van der Waals surface area contributed by atoms with E-state index in [9.17, 15) is 14.7 Å². The molecule has 0 aliphatic rings. The summed E-state index contributed by atoms with van der Waals surface area (Å²) in [7, 11) is 2.97. The second kappa shape index (κ2) is 6.83. The van der Waals surface area contributed by atoms with Gasteiger partial charge in [0, 0.05) is 11.6 Å². The third kappa shape index (κ3) is 3.79. The van der Waals surface area contributed by atoms with Gasteiger partial charge in [-0.25, -0.2) is 4.79 Å². The van der Waals surface area contributed by atoms with Crippen molar-refractivity contribution >= 4 is 17.6 Å². The van der Waals surface area contributed by atoms with Gasteiger partial charge in [-0.15, -0.1) is 0 Å². The van der Waals surface area contributed by atoms with Crippen molar-refractivity contribution < 1.29 is 24.2 Å². The smallest absolute Gasteiger partial charge is 0.337 e. The molecule has 1 amide bonds. The fourth-order valence-corrected chi connectivity index (χ4v) is 2.08. The van der Waals surface area contributed by atoms with Crippen LogP contribution in [0.5, 0.6) is 11.5 Å². The summed E-state index contributed by atoms with van der Waals surface area (Å²) in [4.78, 5) is 23.7. The van der Waals surface area contributed by atoms with Crippen LogP contribution in [0.2, 0.25) is 0 Å². The van der Waals surface area contributed by atoms with E-state index in [1.807, 2.05) is 0 Å². The highest BCUT2D eigenvalue weighted by atomic mass is 16.5. The van der Waals surface area contributed by atoms with Crippen molar-refractivity contribution in [2.75, 3.05) is 19.5 Å². The quantitative estimate of drug-likeness (QED) is 0.886. The molecule has 0 saturated carbocycles. The van der Waals surface area contributed by atoms with E-state index >= 15 is 0 Å². The van der Waals surface area contributed by atoms with Crippen LogP contribution in [0.3, 0.4) is 0 Å². The van der Waals surface area contributed by atoms with Crippen molar-refractivity contribution in [3.05, 3.63) is 53.1 Å². The van der Waals surface area contributed by atoms with Gasteiger partial charge in [-0.3, -0.25) is 4.79 Å². The first-order valence-corrected chi connectivity index (χ1v) is 6.83. The van der Waals surface area contributed by atoms with Crippen LogP contribution in [0, 0.1) is 6.92 Å². The lowest BCUT2D eigenvalue weighted by atomic mass is 10.1. The fourth-order valence-electron chi connectivity index (χ4n) is 2.08. The number of anilines is 1. The Labute approximate surface area is 133 Å². The van der Waals surface area contributed by atoms with Gasteiger partial charge in [0.2, 0.25) is 0 Å². The van der Waals surface area contributed by atoms with Crippen LogP contribution < -0.4 is 14.8 Å². The Bertz CT molecular complexity index is 732. The Hall–Kier alpha value is -3.02. The van der Waals surface area contributed by atoms with Crippen molar-refractivity contribution in [2.24, 2.45) is 0 Å². The normalized spacial score (nSPS) is 10.0.